The van der Waals surface area contributed by atoms with Gasteiger partial charge in [-0.2, -0.15) is 0 Å². The van der Waals surface area contributed by atoms with Crippen LogP contribution in [0.25, 0.3) is 0 Å². The number of sulfone groups is 1. The molecule has 4 heteroatoms. The van der Waals surface area contributed by atoms with E-state index in [1.807, 2.05) is 13.8 Å². The van der Waals surface area contributed by atoms with Crippen LogP contribution in [-0.2, 0) is 9.84 Å². The van der Waals surface area contributed by atoms with E-state index >= 15 is 0 Å². The molecule has 98 valence electrons. The Bertz CT molecular complexity index is 260. The Labute approximate surface area is 101 Å². The Morgan fingerprint density at radius 3 is 2.31 bits per heavy atom. The van der Waals surface area contributed by atoms with E-state index in [4.69, 9.17) is 0 Å². The number of hydrogen-bond acceptors (Lipinski definition) is 3. The fourth-order valence-electron chi connectivity index (χ4n) is 1.69. The van der Waals surface area contributed by atoms with Crippen LogP contribution in [0.3, 0.4) is 0 Å². The summed E-state index contributed by atoms with van der Waals surface area (Å²) in [6.45, 7) is 9.16. The van der Waals surface area contributed by atoms with Crippen molar-refractivity contribution in [1.82, 2.24) is 5.32 Å². The monoisotopic (exact) mass is 249 g/mol. The molecule has 0 saturated carbocycles. The van der Waals surface area contributed by atoms with Crippen LogP contribution in [0.1, 0.15) is 47.0 Å². The molecular weight excluding hydrogens is 222 g/mol. The normalized spacial score (nSPS) is 14.3. The molecular formula is C12H27NO2S. The molecule has 0 saturated heterocycles. The van der Waals surface area contributed by atoms with Gasteiger partial charge in [-0.1, -0.05) is 20.8 Å². The maximum Gasteiger partial charge on any atom is 0.150 e. The van der Waals surface area contributed by atoms with E-state index in [9.17, 15) is 8.42 Å². The van der Waals surface area contributed by atoms with E-state index in [0.29, 0.717) is 17.5 Å². The van der Waals surface area contributed by atoms with Gasteiger partial charge in [0.15, 0.2) is 9.84 Å². The average Bonchev–Trinajstić information content (AvgIpc) is 2.12. The second kappa shape index (κ2) is 8.07. The first-order valence-corrected chi connectivity index (χ1v) is 8.13. The molecule has 0 aliphatic carbocycles. The minimum absolute atomic E-state index is 0.237. The first kappa shape index (κ1) is 15.9. The van der Waals surface area contributed by atoms with E-state index in [0.717, 1.165) is 25.8 Å². The highest BCUT2D eigenvalue weighted by molar-refractivity contribution is 7.91. The summed E-state index contributed by atoms with van der Waals surface area (Å²) < 4.78 is 23.2. The molecule has 0 radical (unpaired) electrons. The summed E-state index contributed by atoms with van der Waals surface area (Å²) >= 11 is 0. The molecule has 0 aromatic heterocycles. The molecule has 0 fully saturated rings. The van der Waals surface area contributed by atoms with Gasteiger partial charge in [0.2, 0.25) is 0 Å². The Morgan fingerprint density at radius 2 is 1.81 bits per heavy atom. The number of rotatable bonds is 9. The maximum atomic E-state index is 11.6. The van der Waals surface area contributed by atoms with Gasteiger partial charge in [0.05, 0.1) is 11.5 Å². The second-order valence-electron chi connectivity index (χ2n) is 5.01. The van der Waals surface area contributed by atoms with Crippen LogP contribution in [0.5, 0.6) is 0 Å². The van der Waals surface area contributed by atoms with Crippen molar-refractivity contribution in [3.8, 4) is 0 Å². The summed E-state index contributed by atoms with van der Waals surface area (Å²) in [5.41, 5.74) is 0. The van der Waals surface area contributed by atoms with Crippen LogP contribution in [0, 0.1) is 5.92 Å². The van der Waals surface area contributed by atoms with Crippen molar-refractivity contribution in [1.29, 1.82) is 0 Å². The highest BCUT2D eigenvalue weighted by Crippen LogP contribution is 2.05. The third-order valence-corrected chi connectivity index (χ3v) is 4.51. The zero-order valence-corrected chi connectivity index (χ0v) is 11.9. The van der Waals surface area contributed by atoms with Crippen LogP contribution in [0.2, 0.25) is 0 Å². The van der Waals surface area contributed by atoms with Gasteiger partial charge in [0.1, 0.15) is 0 Å². The molecule has 0 spiro atoms. The van der Waals surface area contributed by atoms with Crippen molar-refractivity contribution in [3.05, 3.63) is 0 Å². The Hall–Kier alpha value is -0.0900. The SMILES string of the molecule is CCCNC(C)CCCS(=O)(=O)CC(C)C. The Balaban J connectivity index is 3.72. The van der Waals surface area contributed by atoms with Crippen LogP contribution in [-0.4, -0.2) is 32.5 Å². The molecule has 1 unspecified atom stereocenters. The van der Waals surface area contributed by atoms with Crippen molar-refractivity contribution in [2.45, 2.75) is 53.0 Å². The molecule has 0 aliphatic rings. The Morgan fingerprint density at radius 1 is 1.19 bits per heavy atom. The molecule has 0 bridgehead atoms. The third-order valence-electron chi connectivity index (χ3n) is 2.42. The van der Waals surface area contributed by atoms with E-state index in [2.05, 4.69) is 19.2 Å². The lowest BCUT2D eigenvalue weighted by atomic mass is 10.2. The van der Waals surface area contributed by atoms with Crippen molar-refractivity contribution < 1.29 is 8.42 Å². The molecule has 16 heavy (non-hydrogen) atoms. The zero-order chi connectivity index (χ0) is 12.6. The minimum atomic E-state index is -2.82. The number of nitrogens with one attached hydrogen (secondary N) is 1. The topological polar surface area (TPSA) is 46.2 Å². The van der Waals surface area contributed by atoms with Crippen molar-refractivity contribution in [3.63, 3.8) is 0 Å². The average molecular weight is 249 g/mol. The van der Waals surface area contributed by atoms with Gasteiger partial charge in [0, 0.05) is 6.04 Å². The summed E-state index contributed by atoms with van der Waals surface area (Å²) in [5, 5.41) is 3.36. The predicted octanol–water partition coefficient (Wildman–Crippen LogP) is 2.23. The summed E-state index contributed by atoms with van der Waals surface area (Å²) in [5.74, 6) is 0.897. The molecule has 0 rings (SSSR count). The molecule has 1 N–H and O–H groups in total. The lowest BCUT2D eigenvalue weighted by Crippen LogP contribution is -2.27. The smallest absolute Gasteiger partial charge is 0.150 e. The van der Waals surface area contributed by atoms with Crippen molar-refractivity contribution >= 4 is 9.84 Å². The van der Waals surface area contributed by atoms with Crippen LogP contribution < -0.4 is 5.32 Å². The summed E-state index contributed by atoms with van der Waals surface area (Å²) in [4.78, 5) is 0. The zero-order valence-electron chi connectivity index (χ0n) is 11.1. The standard InChI is InChI=1S/C12H27NO2S/c1-5-8-13-12(4)7-6-9-16(14,15)10-11(2)3/h11-13H,5-10H2,1-4H3. The largest absolute Gasteiger partial charge is 0.314 e. The third kappa shape index (κ3) is 9.16. The second-order valence-corrected chi connectivity index (χ2v) is 7.23. The Kier molecular flexibility index (Phi) is 8.02. The molecule has 0 amide bonds. The highest BCUT2D eigenvalue weighted by Gasteiger charge is 2.13. The van der Waals surface area contributed by atoms with Crippen molar-refractivity contribution in [2.75, 3.05) is 18.1 Å². The van der Waals surface area contributed by atoms with Gasteiger partial charge in [-0.25, -0.2) is 8.42 Å². The van der Waals surface area contributed by atoms with Gasteiger partial charge in [-0.05, 0) is 38.6 Å². The molecule has 3 nitrogen and oxygen atoms in total. The lowest BCUT2D eigenvalue weighted by Gasteiger charge is -2.13. The van der Waals surface area contributed by atoms with Gasteiger partial charge >= 0.3 is 0 Å². The molecule has 0 aliphatic heterocycles. The minimum Gasteiger partial charge on any atom is -0.314 e. The summed E-state index contributed by atoms with van der Waals surface area (Å²) in [7, 11) is -2.82. The first-order chi connectivity index (χ1) is 7.37. The van der Waals surface area contributed by atoms with E-state index in [-0.39, 0.29) is 5.92 Å². The quantitative estimate of drug-likeness (QED) is 0.681. The maximum absolute atomic E-state index is 11.6. The predicted molar refractivity (Wildman–Crippen MR) is 70.5 cm³/mol. The van der Waals surface area contributed by atoms with Crippen LogP contribution >= 0.6 is 0 Å². The fraction of sp³-hybridized carbons (Fsp3) is 1.00. The summed E-state index contributed by atoms with van der Waals surface area (Å²) in [6, 6.07) is 0.425. The van der Waals surface area contributed by atoms with E-state index in [1.54, 1.807) is 0 Å². The molecule has 0 aromatic carbocycles. The van der Waals surface area contributed by atoms with Gasteiger partial charge in [0.25, 0.3) is 0 Å². The van der Waals surface area contributed by atoms with Crippen molar-refractivity contribution in [2.24, 2.45) is 5.92 Å². The lowest BCUT2D eigenvalue weighted by molar-refractivity contribution is 0.505. The van der Waals surface area contributed by atoms with Crippen LogP contribution in [0.15, 0.2) is 0 Å². The highest BCUT2D eigenvalue weighted by atomic mass is 32.2. The molecule has 0 heterocycles. The van der Waals surface area contributed by atoms with E-state index in [1.165, 1.54) is 0 Å². The molecule has 0 aromatic rings. The first-order valence-electron chi connectivity index (χ1n) is 6.31. The van der Waals surface area contributed by atoms with Gasteiger partial charge < -0.3 is 5.32 Å². The summed E-state index contributed by atoms with van der Waals surface area (Å²) in [6.07, 6.45) is 2.83. The molecule has 1 atom stereocenters. The van der Waals surface area contributed by atoms with Crippen LogP contribution in [0.4, 0.5) is 0 Å². The fourth-order valence-corrected chi connectivity index (χ4v) is 3.48. The number of hydrogen-bond donors (Lipinski definition) is 1. The van der Waals surface area contributed by atoms with Gasteiger partial charge in [-0.15, -0.1) is 0 Å². The van der Waals surface area contributed by atoms with Gasteiger partial charge in [-0.3, -0.25) is 0 Å². The van der Waals surface area contributed by atoms with E-state index < -0.39 is 9.84 Å².